The number of aliphatic carboxylic acids is 1. The SMILES string of the molecule is CC(C)C(NC(=O)C(N)CCC(=O)O)c1ccc(F)cc1. The standard InChI is InChI=1S/C15H21FN2O3/c1-9(2)14(10-3-5-11(16)6-4-10)18-15(21)12(17)7-8-13(19)20/h3-6,9,12,14H,7-8,17H2,1-2H3,(H,18,21)(H,19,20). The van der Waals surface area contributed by atoms with Crippen LogP contribution in [-0.2, 0) is 9.59 Å². The molecule has 1 aromatic rings. The van der Waals surface area contributed by atoms with Crippen molar-refractivity contribution < 1.29 is 19.1 Å². The molecular formula is C15H21FN2O3. The summed E-state index contributed by atoms with van der Waals surface area (Å²) in [7, 11) is 0. The van der Waals surface area contributed by atoms with Crippen LogP contribution in [0.2, 0.25) is 0 Å². The second kappa shape index (κ2) is 7.73. The van der Waals surface area contributed by atoms with E-state index in [4.69, 9.17) is 10.8 Å². The van der Waals surface area contributed by atoms with Crippen molar-refractivity contribution in [2.75, 3.05) is 0 Å². The Bertz CT molecular complexity index is 488. The summed E-state index contributed by atoms with van der Waals surface area (Å²) in [5, 5.41) is 11.4. The molecule has 0 heterocycles. The third kappa shape index (κ3) is 5.51. The molecule has 6 heteroatoms. The van der Waals surface area contributed by atoms with Crippen molar-refractivity contribution in [1.82, 2.24) is 5.32 Å². The highest BCUT2D eigenvalue weighted by atomic mass is 19.1. The van der Waals surface area contributed by atoms with Crippen molar-refractivity contribution in [2.24, 2.45) is 11.7 Å². The molecule has 2 unspecified atom stereocenters. The quantitative estimate of drug-likeness (QED) is 0.715. The number of carbonyl (C=O) groups excluding carboxylic acids is 1. The predicted octanol–water partition coefficient (Wildman–Crippen LogP) is 1.83. The van der Waals surface area contributed by atoms with E-state index in [2.05, 4.69) is 5.32 Å². The van der Waals surface area contributed by atoms with Gasteiger partial charge in [0, 0.05) is 6.42 Å². The normalized spacial score (nSPS) is 13.8. The first kappa shape index (κ1) is 17.1. The molecule has 5 nitrogen and oxygen atoms in total. The molecule has 0 aliphatic rings. The number of amides is 1. The molecule has 0 saturated carbocycles. The lowest BCUT2D eigenvalue weighted by atomic mass is 9.95. The summed E-state index contributed by atoms with van der Waals surface area (Å²) in [6.07, 6.45) is -0.0765. The van der Waals surface area contributed by atoms with E-state index in [1.54, 1.807) is 12.1 Å². The summed E-state index contributed by atoms with van der Waals surface area (Å²) >= 11 is 0. The molecule has 0 aliphatic heterocycles. The highest BCUT2D eigenvalue weighted by Gasteiger charge is 2.22. The molecule has 1 aromatic carbocycles. The molecule has 0 aromatic heterocycles. The Hall–Kier alpha value is -1.95. The maximum Gasteiger partial charge on any atom is 0.303 e. The molecular weight excluding hydrogens is 275 g/mol. The average Bonchev–Trinajstić information content (AvgIpc) is 2.42. The van der Waals surface area contributed by atoms with Crippen LogP contribution < -0.4 is 11.1 Å². The molecule has 0 saturated heterocycles. The van der Waals surface area contributed by atoms with Gasteiger partial charge in [-0.25, -0.2) is 4.39 Å². The minimum atomic E-state index is -0.989. The Labute approximate surface area is 123 Å². The van der Waals surface area contributed by atoms with Crippen molar-refractivity contribution in [2.45, 2.75) is 38.8 Å². The number of hydrogen-bond donors (Lipinski definition) is 3. The number of nitrogens with two attached hydrogens (primary N) is 1. The number of carboxylic acids is 1. The monoisotopic (exact) mass is 296 g/mol. The van der Waals surface area contributed by atoms with Crippen molar-refractivity contribution in [3.05, 3.63) is 35.6 Å². The zero-order valence-electron chi connectivity index (χ0n) is 12.2. The average molecular weight is 296 g/mol. The van der Waals surface area contributed by atoms with Crippen LogP contribution in [0, 0.1) is 11.7 Å². The lowest BCUT2D eigenvalue weighted by Crippen LogP contribution is -2.43. The van der Waals surface area contributed by atoms with E-state index in [1.807, 2.05) is 13.8 Å². The van der Waals surface area contributed by atoms with Gasteiger partial charge in [-0.1, -0.05) is 26.0 Å². The van der Waals surface area contributed by atoms with Gasteiger partial charge in [0.1, 0.15) is 5.82 Å². The lowest BCUT2D eigenvalue weighted by molar-refractivity contribution is -0.137. The first-order valence-electron chi connectivity index (χ1n) is 6.84. The third-order valence-electron chi connectivity index (χ3n) is 3.20. The number of carbonyl (C=O) groups is 2. The Morgan fingerprint density at radius 3 is 2.33 bits per heavy atom. The lowest BCUT2D eigenvalue weighted by Gasteiger charge is -2.24. The molecule has 4 N–H and O–H groups in total. The van der Waals surface area contributed by atoms with Gasteiger partial charge in [-0.3, -0.25) is 9.59 Å². The smallest absolute Gasteiger partial charge is 0.303 e. The second-order valence-electron chi connectivity index (χ2n) is 5.32. The van der Waals surface area contributed by atoms with Gasteiger partial charge in [-0.05, 0) is 30.0 Å². The van der Waals surface area contributed by atoms with Crippen molar-refractivity contribution in [3.8, 4) is 0 Å². The minimum absolute atomic E-state index is 0.0788. The van der Waals surface area contributed by atoms with Gasteiger partial charge in [0.2, 0.25) is 5.91 Å². The molecule has 0 spiro atoms. The molecule has 1 rings (SSSR count). The number of halogens is 1. The zero-order valence-corrected chi connectivity index (χ0v) is 12.2. The zero-order chi connectivity index (χ0) is 16.0. The van der Waals surface area contributed by atoms with E-state index < -0.39 is 17.9 Å². The summed E-state index contributed by atoms with van der Waals surface area (Å²) in [6.45, 7) is 3.86. The van der Waals surface area contributed by atoms with Crippen LogP contribution in [0.4, 0.5) is 4.39 Å². The highest BCUT2D eigenvalue weighted by molar-refractivity contribution is 5.82. The molecule has 1 amide bonds. The molecule has 21 heavy (non-hydrogen) atoms. The first-order chi connectivity index (χ1) is 9.81. The Balaban J connectivity index is 2.72. The Morgan fingerprint density at radius 2 is 1.86 bits per heavy atom. The van der Waals surface area contributed by atoms with E-state index in [0.717, 1.165) is 5.56 Å². The predicted molar refractivity (Wildman–Crippen MR) is 77.0 cm³/mol. The molecule has 2 atom stereocenters. The third-order valence-corrected chi connectivity index (χ3v) is 3.20. The van der Waals surface area contributed by atoms with Gasteiger partial charge >= 0.3 is 5.97 Å². The van der Waals surface area contributed by atoms with E-state index in [-0.39, 0.29) is 30.6 Å². The number of carboxylic acid groups (broad SMARTS) is 1. The molecule has 0 bridgehead atoms. The van der Waals surface area contributed by atoms with Crippen molar-refractivity contribution >= 4 is 11.9 Å². The fourth-order valence-corrected chi connectivity index (χ4v) is 1.98. The highest BCUT2D eigenvalue weighted by Crippen LogP contribution is 2.22. The van der Waals surface area contributed by atoms with E-state index in [0.29, 0.717) is 0 Å². The molecule has 0 aliphatic carbocycles. The molecule has 0 fully saturated rings. The van der Waals surface area contributed by atoms with Gasteiger partial charge in [0.15, 0.2) is 0 Å². The Morgan fingerprint density at radius 1 is 1.29 bits per heavy atom. The van der Waals surface area contributed by atoms with Crippen LogP contribution in [0.1, 0.15) is 38.3 Å². The van der Waals surface area contributed by atoms with Gasteiger partial charge in [-0.2, -0.15) is 0 Å². The topological polar surface area (TPSA) is 92.4 Å². The van der Waals surface area contributed by atoms with Crippen LogP contribution in [0.15, 0.2) is 24.3 Å². The number of nitrogens with one attached hydrogen (secondary N) is 1. The van der Waals surface area contributed by atoms with Crippen LogP contribution in [0.3, 0.4) is 0 Å². The van der Waals surface area contributed by atoms with Gasteiger partial charge < -0.3 is 16.2 Å². The maximum atomic E-state index is 13.0. The number of rotatable bonds is 7. The molecule has 116 valence electrons. The van der Waals surface area contributed by atoms with Gasteiger partial charge in [0.05, 0.1) is 12.1 Å². The van der Waals surface area contributed by atoms with E-state index in [9.17, 15) is 14.0 Å². The van der Waals surface area contributed by atoms with Crippen LogP contribution in [-0.4, -0.2) is 23.0 Å². The Kier molecular flexibility index (Phi) is 6.30. The number of benzene rings is 1. The van der Waals surface area contributed by atoms with Gasteiger partial charge in [0.25, 0.3) is 0 Å². The first-order valence-corrected chi connectivity index (χ1v) is 6.84. The summed E-state index contributed by atoms with van der Waals surface area (Å²) < 4.78 is 13.0. The maximum absolute atomic E-state index is 13.0. The fraction of sp³-hybridized carbons (Fsp3) is 0.467. The summed E-state index contributed by atoms with van der Waals surface area (Å²) in [4.78, 5) is 22.5. The van der Waals surface area contributed by atoms with E-state index in [1.165, 1.54) is 12.1 Å². The fourth-order valence-electron chi connectivity index (χ4n) is 1.98. The van der Waals surface area contributed by atoms with Crippen LogP contribution in [0.25, 0.3) is 0 Å². The number of hydrogen-bond acceptors (Lipinski definition) is 3. The van der Waals surface area contributed by atoms with Gasteiger partial charge in [-0.15, -0.1) is 0 Å². The largest absolute Gasteiger partial charge is 0.481 e. The molecule has 0 radical (unpaired) electrons. The summed E-state index contributed by atoms with van der Waals surface area (Å²) in [6, 6.07) is 4.73. The van der Waals surface area contributed by atoms with Crippen LogP contribution in [0.5, 0.6) is 0 Å². The van der Waals surface area contributed by atoms with E-state index >= 15 is 0 Å². The minimum Gasteiger partial charge on any atom is -0.481 e. The van der Waals surface area contributed by atoms with Crippen LogP contribution >= 0.6 is 0 Å². The van der Waals surface area contributed by atoms with Crippen molar-refractivity contribution in [1.29, 1.82) is 0 Å². The van der Waals surface area contributed by atoms with Crippen molar-refractivity contribution in [3.63, 3.8) is 0 Å². The summed E-state index contributed by atoms with van der Waals surface area (Å²) in [5.41, 5.74) is 6.46. The second-order valence-corrected chi connectivity index (χ2v) is 5.32. The summed E-state index contributed by atoms with van der Waals surface area (Å²) in [5.74, 6) is -1.65.